The number of carbonyl (C=O) groups excluding carboxylic acids is 1. The van der Waals surface area contributed by atoms with Crippen molar-refractivity contribution < 1.29 is 4.79 Å². The third-order valence-corrected chi connectivity index (χ3v) is 3.97. The summed E-state index contributed by atoms with van der Waals surface area (Å²) in [4.78, 5) is 12.0. The van der Waals surface area contributed by atoms with Gasteiger partial charge in [0.05, 0.1) is 6.04 Å². The Labute approximate surface area is 133 Å². The van der Waals surface area contributed by atoms with E-state index in [2.05, 4.69) is 5.32 Å². The van der Waals surface area contributed by atoms with Gasteiger partial charge in [-0.2, -0.15) is 0 Å². The Bertz CT molecular complexity index is 690. The second-order valence-corrected chi connectivity index (χ2v) is 5.86. The van der Waals surface area contributed by atoms with Crippen molar-refractivity contribution in [2.45, 2.75) is 12.5 Å². The van der Waals surface area contributed by atoms with E-state index in [-0.39, 0.29) is 11.8 Å². The highest BCUT2D eigenvalue weighted by Gasteiger charge is 2.21. The van der Waals surface area contributed by atoms with E-state index in [0.29, 0.717) is 16.5 Å². The SMILES string of the molecule is O=C1C=C(c2ccc(Cl)cc2)N[C@H](c2ccc(Cl)cc2)C1. The van der Waals surface area contributed by atoms with Crippen molar-refractivity contribution >= 4 is 34.7 Å². The fraction of sp³-hybridized carbons (Fsp3) is 0.118. The second-order valence-electron chi connectivity index (χ2n) is 4.98. The number of rotatable bonds is 2. The number of hydrogen-bond acceptors (Lipinski definition) is 2. The molecule has 2 aromatic carbocycles. The lowest BCUT2D eigenvalue weighted by Gasteiger charge is -2.25. The molecule has 0 spiro atoms. The minimum absolute atomic E-state index is 0.0366. The summed E-state index contributed by atoms with van der Waals surface area (Å²) >= 11 is 11.8. The number of halogens is 2. The number of carbonyl (C=O) groups is 1. The van der Waals surface area contributed by atoms with Crippen LogP contribution < -0.4 is 5.32 Å². The molecule has 0 bridgehead atoms. The van der Waals surface area contributed by atoms with Crippen LogP contribution in [-0.2, 0) is 4.79 Å². The lowest BCUT2D eigenvalue weighted by molar-refractivity contribution is -0.115. The molecule has 1 heterocycles. The van der Waals surface area contributed by atoms with Crippen molar-refractivity contribution in [1.29, 1.82) is 0 Å². The van der Waals surface area contributed by atoms with Crippen LogP contribution in [0, 0.1) is 0 Å². The summed E-state index contributed by atoms with van der Waals surface area (Å²) in [7, 11) is 0. The predicted octanol–water partition coefficient (Wildman–Crippen LogP) is 4.64. The Hall–Kier alpha value is -1.77. The highest BCUT2D eigenvalue weighted by molar-refractivity contribution is 6.30. The summed E-state index contributed by atoms with van der Waals surface area (Å²) in [5, 5.41) is 4.78. The van der Waals surface area contributed by atoms with Gasteiger partial charge in [-0.3, -0.25) is 4.79 Å². The molecule has 4 heteroatoms. The van der Waals surface area contributed by atoms with Crippen molar-refractivity contribution in [3.63, 3.8) is 0 Å². The molecular weight excluding hydrogens is 305 g/mol. The van der Waals surface area contributed by atoms with E-state index in [1.54, 1.807) is 6.08 Å². The van der Waals surface area contributed by atoms with Crippen molar-refractivity contribution in [2.75, 3.05) is 0 Å². The highest BCUT2D eigenvalue weighted by atomic mass is 35.5. The molecule has 0 unspecified atom stereocenters. The van der Waals surface area contributed by atoms with Gasteiger partial charge in [-0.05, 0) is 35.4 Å². The van der Waals surface area contributed by atoms with E-state index in [1.807, 2.05) is 48.5 Å². The zero-order valence-corrected chi connectivity index (χ0v) is 12.7. The van der Waals surface area contributed by atoms with E-state index < -0.39 is 0 Å². The Morgan fingerprint density at radius 2 is 1.48 bits per heavy atom. The van der Waals surface area contributed by atoms with Gasteiger partial charge in [0.2, 0.25) is 0 Å². The number of ketones is 1. The lowest BCUT2D eigenvalue weighted by Crippen LogP contribution is -2.27. The summed E-state index contributed by atoms with van der Waals surface area (Å²) < 4.78 is 0. The number of nitrogens with one attached hydrogen (secondary N) is 1. The fourth-order valence-electron chi connectivity index (χ4n) is 2.39. The van der Waals surface area contributed by atoms with Crippen molar-refractivity contribution in [3.8, 4) is 0 Å². The molecule has 1 aliphatic heterocycles. The normalized spacial score (nSPS) is 18.1. The summed E-state index contributed by atoms with van der Waals surface area (Å²) in [6.07, 6.45) is 2.09. The fourth-order valence-corrected chi connectivity index (χ4v) is 2.65. The van der Waals surface area contributed by atoms with Gasteiger partial charge in [-0.1, -0.05) is 47.5 Å². The molecule has 3 rings (SSSR count). The van der Waals surface area contributed by atoms with E-state index in [9.17, 15) is 4.79 Å². The molecule has 1 N–H and O–H groups in total. The van der Waals surface area contributed by atoms with Crippen molar-refractivity contribution in [1.82, 2.24) is 5.32 Å². The monoisotopic (exact) mass is 317 g/mol. The Morgan fingerprint density at radius 1 is 0.905 bits per heavy atom. The third-order valence-electron chi connectivity index (χ3n) is 3.47. The first-order chi connectivity index (χ1) is 10.1. The lowest BCUT2D eigenvalue weighted by atomic mass is 9.95. The maximum Gasteiger partial charge on any atom is 0.160 e. The molecule has 0 aliphatic carbocycles. The molecule has 1 atom stereocenters. The predicted molar refractivity (Wildman–Crippen MR) is 86.4 cm³/mol. The van der Waals surface area contributed by atoms with Crippen LogP contribution >= 0.6 is 23.2 Å². The standard InChI is InChI=1S/C17H13Cl2NO/c18-13-5-1-11(2-6-13)16-9-15(21)10-17(20-16)12-3-7-14(19)8-4-12/h1-9,17,20H,10H2/t17-/m0/s1. The first-order valence-electron chi connectivity index (χ1n) is 6.64. The molecule has 0 saturated heterocycles. The van der Waals surface area contributed by atoms with Crippen LogP contribution in [0.15, 0.2) is 54.6 Å². The molecule has 2 aromatic rings. The van der Waals surface area contributed by atoms with Crippen molar-refractivity contribution in [2.24, 2.45) is 0 Å². The molecule has 21 heavy (non-hydrogen) atoms. The molecule has 0 radical (unpaired) electrons. The van der Waals surface area contributed by atoms with Crippen molar-refractivity contribution in [3.05, 3.63) is 75.8 Å². The number of benzene rings is 2. The molecule has 0 saturated carbocycles. The zero-order chi connectivity index (χ0) is 14.8. The van der Waals surface area contributed by atoms with Crippen LogP contribution in [0.1, 0.15) is 23.6 Å². The van der Waals surface area contributed by atoms with Gasteiger partial charge in [-0.15, -0.1) is 0 Å². The Morgan fingerprint density at radius 3 is 2.10 bits per heavy atom. The molecule has 0 amide bonds. The van der Waals surface area contributed by atoms with Gasteiger partial charge in [-0.25, -0.2) is 0 Å². The molecule has 2 nitrogen and oxygen atoms in total. The van der Waals surface area contributed by atoms with Gasteiger partial charge in [0.15, 0.2) is 5.78 Å². The van der Waals surface area contributed by atoms with Gasteiger partial charge >= 0.3 is 0 Å². The van der Waals surface area contributed by atoms with Crippen LogP contribution in [0.2, 0.25) is 10.0 Å². The summed E-state index contributed by atoms with van der Waals surface area (Å²) in [6.45, 7) is 0. The molecule has 106 valence electrons. The van der Waals surface area contributed by atoms with Crippen LogP contribution in [0.5, 0.6) is 0 Å². The van der Waals surface area contributed by atoms with E-state index >= 15 is 0 Å². The quantitative estimate of drug-likeness (QED) is 0.874. The molecular formula is C17H13Cl2NO. The average Bonchev–Trinajstić information content (AvgIpc) is 2.48. The summed E-state index contributed by atoms with van der Waals surface area (Å²) in [5.74, 6) is 0.110. The van der Waals surface area contributed by atoms with Crippen LogP contribution in [-0.4, -0.2) is 5.78 Å². The van der Waals surface area contributed by atoms with Gasteiger partial charge in [0, 0.05) is 28.2 Å². The maximum absolute atomic E-state index is 12.0. The maximum atomic E-state index is 12.0. The number of hydrogen-bond donors (Lipinski definition) is 1. The summed E-state index contributed by atoms with van der Waals surface area (Å²) in [5.41, 5.74) is 2.82. The summed E-state index contributed by atoms with van der Waals surface area (Å²) in [6, 6.07) is 15.0. The minimum atomic E-state index is -0.0366. The van der Waals surface area contributed by atoms with Gasteiger partial charge in [0.25, 0.3) is 0 Å². The van der Waals surface area contributed by atoms with E-state index in [0.717, 1.165) is 16.8 Å². The van der Waals surface area contributed by atoms with Crippen LogP contribution in [0.3, 0.4) is 0 Å². The van der Waals surface area contributed by atoms with Gasteiger partial charge in [0.1, 0.15) is 0 Å². The first-order valence-corrected chi connectivity index (χ1v) is 7.40. The molecule has 1 aliphatic rings. The zero-order valence-electron chi connectivity index (χ0n) is 11.1. The Kier molecular flexibility index (Phi) is 4.00. The minimum Gasteiger partial charge on any atom is -0.377 e. The third kappa shape index (κ3) is 3.29. The Balaban J connectivity index is 1.88. The van der Waals surface area contributed by atoms with E-state index in [4.69, 9.17) is 23.2 Å². The van der Waals surface area contributed by atoms with Gasteiger partial charge < -0.3 is 5.32 Å². The van der Waals surface area contributed by atoms with E-state index in [1.165, 1.54) is 0 Å². The first kappa shape index (κ1) is 14.2. The largest absolute Gasteiger partial charge is 0.377 e. The number of allylic oxidation sites excluding steroid dienone is 1. The smallest absolute Gasteiger partial charge is 0.160 e. The molecule has 0 fully saturated rings. The van der Waals surface area contributed by atoms with Crippen LogP contribution in [0.25, 0.3) is 5.70 Å². The topological polar surface area (TPSA) is 29.1 Å². The van der Waals surface area contributed by atoms with Crippen LogP contribution in [0.4, 0.5) is 0 Å². The molecule has 0 aromatic heterocycles. The second kappa shape index (κ2) is 5.92. The average molecular weight is 318 g/mol. The highest BCUT2D eigenvalue weighted by Crippen LogP contribution is 2.28.